The molecule has 0 aliphatic carbocycles. The average Bonchev–Trinajstić information content (AvgIpc) is 2.25. The van der Waals surface area contributed by atoms with Crippen LogP contribution < -0.4 is 0 Å². The van der Waals surface area contributed by atoms with Gasteiger partial charge in [0, 0.05) is 25.6 Å². The van der Waals surface area contributed by atoms with Crippen LogP contribution >= 0.6 is 0 Å². The summed E-state index contributed by atoms with van der Waals surface area (Å²) in [6.45, 7) is 5.77. The smallest absolute Gasteiger partial charge is 0.460 e. The molecule has 0 amide bonds. The van der Waals surface area contributed by atoms with Gasteiger partial charge < -0.3 is 13.6 Å². The first-order chi connectivity index (χ1) is 8.33. The van der Waals surface area contributed by atoms with Gasteiger partial charge in [0.25, 0.3) is 5.97 Å². The van der Waals surface area contributed by atoms with Gasteiger partial charge in [-0.2, -0.15) is 0 Å². The molecule has 0 spiro atoms. The van der Waals surface area contributed by atoms with Crippen molar-refractivity contribution in [2.75, 3.05) is 6.61 Å². The summed E-state index contributed by atoms with van der Waals surface area (Å²) in [5.41, 5.74) is 0. The van der Waals surface area contributed by atoms with Gasteiger partial charge in [0.2, 0.25) is 0 Å². The fourth-order valence-electron chi connectivity index (χ4n) is 1.05. The number of hydrogen-bond acceptors (Lipinski definition) is 6. The van der Waals surface area contributed by atoms with Gasteiger partial charge >= 0.3 is 20.5 Å². The van der Waals surface area contributed by atoms with E-state index in [1.807, 2.05) is 0 Å². The van der Waals surface area contributed by atoms with Gasteiger partial charge in [-0.3, -0.25) is 4.79 Å². The first kappa shape index (κ1) is 16.4. The Hall–Kier alpha value is -1.63. The van der Waals surface area contributed by atoms with Gasteiger partial charge in [-0.1, -0.05) is 13.0 Å². The van der Waals surface area contributed by atoms with Crippen molar-refractivity contribution in [1.29, 1.82) is 0 Å². The molecule has 0 saturated carbocycles. The van der Waals surface area contributed by atoms with E-state index in [-0.39, 0.29) is 0 Å². The maximum absolute atomic E-state index is 11.4. The van der Waals surface area contributed by atoms with Crippen LogP contribution in [0.5, 0.6) is 0 Å². The zero-order valence-corrected chi connectivity index (χ0v) is 12.0. The Morgan fingerprint density at radius 1 is 1.22 bits per heavy atom. The van der Waals surface area contributed by atoms with Gasteiger partial charge in [-0.15, -0.1) is 0 Å². The van der Waals surface area contributed by atoms with Crippen molar-refractivity contribution >= 4 is 26.5 Å². The molecule has 102 valence electrons. The molecule has 0 heterocycles. The third-order valence-corrected chi connectivity index (χ3v) is 4.63. The lowest BCUT2D eigenvalue weighted by atomic mass is 10.5. The second-order valence-electron chi connectivity index (χ2n) is 3.66. The number of allylic oxidation sites excluding steroid dienone is 1. The Bertz CT molecular complexity index is 351. The third-order valence-electron chi connectivity index (χ3n) is 1.97. The van der Waals surface area contributed by atoms with Crippen molar-refractivity contribution in [1.82, 2.24) is 0 Å². The van der Waals surface area contributed by atoms with E-state index >= 15 is 0 Å². The summed E-state index contributed by atoms with van der Waals surface area (Å²) in [6.07, 6.45) is 2.69. The molecule has 0 aliphatic heterocycles. The quantitative estimate of drug-likeness (QED) is 0.413. The highest BCUT2D eigenvalue weighted by atomic mass is 28.4. The normalized spacial score (nSPS) is 13.8. The molecule has 0 aromatic rings. The van der Waals surface area contributed by atoms with E-state index in [0.717, 1.165) is 0 Å². The van der Waals surface area contributed by atoms with Crippen molar-refractivity contribution in [2.24, 2.45) is 0 Å². The van der Waals surface area contributed by atoms with E-state index in [9.17, 15) is 14.4 Å². The van der Waals surface area contributed by atoms with Crippen LogP contribution in [0.3, 0.4) is 0 Å². The lowest BCUT2D eigenvalue weighted by molar-refractivity contribution is -0.152. The van der Waals surface area contributed by atoms with Gasteiger partial charge in [0.1, 0.15) is 0 Å². The second kappa shape index (κ2) is 7.65. The molecule has 0 aromatic heterocycles. The van der Waals surface area contributed by atoms with Crippen LogP contribution in [-0.4, -0.2) is 33.1 Å². The summed E-state index contributed by atoms with van der Waals surface area (Å²) in [5.74, 6) is -1.84. The topological polar surface area (TPSA) is 78.9 Å². The second-order valence-corrected chi connectivity index (χ2v) is 7.05. The highest BCUT2D eigenvalue weighted by Crippen LogP contribution is 2.13. The monoisotopic (exact) mass is 274 g/mol. The van der Waals surface area contributed by atoms with Crippen LogP contribution in [0.25, 0.3) is 0 Å². The minimum atomic E-state index is -2.85. The molecule has 0 radical (unpaired) electrons. The number of ether oxygens (including phenoxy) is 1. The van der Waals surface area contributed by atoms with E-state index in [2.05, 4.69) is 4.74 Å². The molecule has 7 heteroatoms. The van der Waals surface area contributed by atoms with Crippen molar-refractivity contribution in [3.8, 4) is 0 Å². The van der Waals surface area contributed by atoms with Crippen LogP contribution in [-0.2, 0) is 28.0 Å². The largest absolute Gasteiger partial charge is 0.485 e. The molecule has 0 aliphatic rings. The number of esters is 1. The summed E-state index contributed by atoms with van der Waals surface area (Å²) in [5, 5.41) is 0. The summed E-state index contributed by atoms with van der Waals surface area (Å²) in [6, 6.07) is 0.432. The number of carbonyl (C=O) groups excluding carboxylic acids is 3. The fourth-order valence-corrected chi connectivity index (χ4v) is 2.53. The van der Waals surface area contributed by atoms with Crippen molar-refractivity contribution in [2.45, 2.75) is 33.4 Å². The molecule has 6 nitrogen and oxygen atoms in total. The predicted molar refractivity (Wildman–Crippen MR) is 65.7 cm³/mol. The lowest BCUT2D eigenvalue weighted by Gasteiger charge is -2.23. The summed E-state index contributed by atoms with van der Waals surface area (Å²) in [4.78, 5) is 33.3. The van der Waals surface area contributed by atoms with Crippen molar-refractivity contribution in [3.05, 3.63) is 12.2 Å². The van der Waals surface area contributed by atoms with Gasteiger partial charge in [0.05, 0.1) is 0 Å². The molecular weight excluding hydrogens is 256 g/mol. The van der Waals surface area contributed by atoms with E-state index in [4.69, 9.17) is 8.85 Å². The van der Waals surface area contributed by atoms with E-state index in [0.29, 0.717) is 6.04 Å². The summed E-state index contributed by atoms with van der Waals surface area (Å²) in [7, 11) is -2.85. The minimum absolute atomic E-state index is 0.432. The molecule has 0 aromatic carbocycles. The molecule has 0 saturated heterocycles. The highest BCUT2D eigenvalue weighted by molar-refractivity contribution is 6.69. The lowest BCUT2D eigenvalue weighted by Crippen LogP contribution is -2.42. The molecular formula is C11H18O6Si. The molecule has 18 heavy (non-hydrogen) atoms. The highest BCUT2D eigenvalue weighted by Gasteiger charge is 2.36. The Morgan fingerprint density at radius 2 is 1.83 bits per heavy atom. The van der Waals surface area contributed by atoms with Crippen molar-refractivity contribution in [3.63, 3.8) is 0 Å². The number of hydrogen-bond donors (Lipinski definition) is 0. The average molecular weight is 274 g/mol. The Balaban J connectivity index is 4.27. The molecule has 1 atom stereocenters. The van der Waals surface area contributed by atoms with E-state index in [1.54, 1.807) is 20.4 Å². The van der Waals surface area contributed by atoms with Crippen molar-refractivity contribution < 1.29 is 28.0 Å². The summed E-state index contributed by atoms with van der Waals surface area (Å²) >= 11 is 0. The molecule has 0 bridgehead atoms. The first-order valence-corrected chi connectivity index (χ1v) is 8.06. The molecule has 0 N–H and O–H groups in total. The molecule has 0 fully saturated rings. The third kappa shape index (κ3) is 6.84. The van der Waals surface area contributed by atoms with Gasteiger partial charge in [-0.25, -0.2) is 9.59 Å². The van der Waals surface area contributed by atoms with Crippen LogP contribution in [0.2, 0.25) is 12.6 Å². The van der Waals surface area contributed by atoms with E-state index in [1.165, 1.54) is 19.1 Å². The van der Waals surface area contributed by atoms with Crippen LogP contribution in [0.15, 0.2) is 12.2 Å². The summed E-state index contributed by atoms with van der Waals surface area (Å²) < 4.78 is 14.7. The van der Waals surface area contributed by atoms with Crippen LogP contribution in [0, 0.1) is 0 Å². The Kier molecular flexibility index (Phi) is 6.95. The first-order valence-electron chi connectivity index (χ1n) is 5.54. The molecule has 0 rings (SSSR count). The number of rotatable bonds is 6. The zero-order chi connectivity index (χ0) is 14.2. The standard InChI is InChI=1S/C11H18O6Si/c1-5-7-10(13)15-8-11(14)17-18(4,6-2)16-9(3)12/h5,7H,6,8H2,1-4H3. The zero-order valence-electron chi connectivity index (χ0n) is 11.0. The minimum Gasteiger partial charge on any atom is -0.485 e. The van der Waals surface area contributed by atoms with E-state index < -0.39 is 33.1 Å². The van der Waals surface area contributed by atoms with Crippen LogP contribution in [0.1, 0.15) is 20.8 Å². The number of carbonyl (C=O) groups is 3. The predicted octanol–water partition coefficient (Wildman–Crippen LogP) is 1.30. The van der Waals surface area contributed by atoms with Crippen LogP contribution in [0.4, 0.5) is 0 Å². The maximum Gasteiger partial charge on any atom is 0.460 e. The Labute approximate surface area is 107 Å². The maximum atomic E-state index is 11.4. The van der Waals surface area contributed by atoms with Gasteiger partial charge in [-0.05, 0) is 6.92 Å². The SMILES string of the molecule is CC=CC(=O)OCC(=O)O[Si](C)(CC)OC(C)=O. The van der Waals surface area contributed by atoms with Gasteiger partial charge in [0.15, 0.2) is 6.61 Å². The Morgan fingerprint density at radius 3 is 2.28 bits per heavy atom. The molecule has 1 unspecified atom stereocenters. The fraction of sp³-hybridized carbons (Fsp3) is 0.545.